The lowest BCUT2D eigenvalue weighted by Crippen LogP contribution is -2.12. The summed E-state index contributed by atoms with van der Waals surface area (Å²) >= 11 is 0. The van der Waals surface area contributed by atoms with Crippen LogP contribution in [0.4, 0.5) is 5.95 Å². The summed E-state index contributed by atoms with van der Waals surface area (Å²) in [6.07, 6.45) is 5.45. The summed E-state index contributed by atoms with van der Waals surface area (Å²) in [4.78, 5) is 12.4. The van der Waals surface area contributed by atoms with Crippen molar-refractivity contribution >= 4 is 5.95 Å². The van der Waals surface area contributed by atoms with Gasteiger partial charge in [-0.25, -0.2) is 9.97 Å². The van der Waals surface area contributed by atoms with E-state index in [0.717, 1.165) is 18.8 Å². The Morgan fingerprint density at radius 1 is 1.41 bits per heavy atom. The van der Waals surface area contributed by atoms with Crippen molar-refractivity contribution in [1.82, 2.24) is 19.5 Å². The van der Waals surface area contributed by atoms with E-state index in [1.54, 1.807) is 25.7 Å². The van der Waals surface area contributed by atoms with Crippen LogP contribution in [0, 0.1) is 6.92 Å². The highest BCUT2D eigenvalue weighted by Gasteiger charge is 2.01. The van der Waals surface area contributed by atoms with Gasteiger partial charge in [0.25, 0.3) is 0 Å². The van der Waals surface area contributed by atoms with Gasteiger partial charge in [0.1, 0.15) is 0 Å². The first-order chi connectivity index (χ1) is 8.28. The first kappa shape index (κ1) is 11.4. The molecule has 0 saturated heterocycles. The van der Waals surface area contributed by atoms with Crippen LogP contribution in [-0.2, 0) is 6.54 Å². The van der Waals surface area contributed by atoms with Crippen LogP contribution in [0.5, 0.6) is 5.88 Å². The minimum atomic E-state index is 0.572. The number of hydrogen-bond acceptors (Lipinski definition) is 5. The highest BCUT2D eigenvalue weighted by Crippen LogP contribution is 2.10. The lowest BCUT2D eigenvalue weighted by Gasteiger charge is -2.07. The SMILES string of the molecule is COc1cc(C)nc(NCCn2ccnc2)n1. The van der Waals surface area contributed by atoms with Crippen molar-refractivity contribution in [1.29, 1.82) is 0 Å². The molecule has 0 aromatic carbocycles. The van der Waals surface area contributed by atoms with Gasteiger partial charge >= 0.3 is 0 Å². The Balaban J connectivity index is 1.92. The molecule has 0 aliphatic rings. The van der Waals surface area contributed by atoms with Crippen molar-refractivity contribution in [3.05, 3.63) is 30.5 Å². The number of methoxy groups -OCH3 is 1. The monoisotopic (exact) mass is 233 g/mol. The molecule has 0 bridgehead atoms. The average molecular weight is 233 g/mol. The third-order valence-corrected chi connectivity index (χ3v) is 2.25. The fourth-order valence-corrected chi connectivity index (χ4v) is 1.44. The lowest BCUT2D eigenvalue weighted by molar-refractivity contribution is 0.397. The molecule has 0 aliphatic heterocycles. The largest absolute Gasteiger partial charge is 0.481 e. The maximum absolute atomic E-state index is 5.08. The molecule has 0 aliphatic carbocycles. The van der Waals surface area contributed by atoms with E-state index in [9.17, 15) is 0 Å². The van der Waals surface area contributed by atoms with E-state index in [1.165, 1.54) is 0 Å². The van der Waals surface area contributed by atoms with Crippen LogP contribution in [0.1, 0.15) is 5.69 Å². The van der Waals surface area contributed by atoms with Crippen LogP contribution < -0.4 is 10.1 Å². The number of hydrogen-bond donors (Lipinski definition) is 1. The van der Waals surface area contributed by atoms with Crippen LogP contribution >= 0.6 is 0 Å². The second-order valence-electron chi connectivity index (χ2n) is 3.60. The maximum Gasteiger partial charge on any atom is 0.226 e. The van der Waals surface area contributed by atoms with E-state index >= 15 is 0 Å². The van der Waals surface area contributed by atoms with E-state index in [-0.39, 0.29) is 0 Å². The first-order valence-corrected chi connectivity index (χ1v) is 5.37. The molecule has 1 N–H and O–H groups in total. The van der Waals surface area contributed by atoms with Gasteiger partial charge in [0.15, 0.2) is 0 Å². The molecule has 0 fully saturated rings. The molecule has 90 valence electrons. The molecular weight excluding hydrogens is 218 g/mol. The summed E-state index contributed by atoms with van der Waals surface area (Å²) in [6, 6.07) is 1.79. The summed E-state index contributed by atoms with van der Waals surface area (Å²) in [7, 11) is 1.59. The number of imidazole rings is 1. The number of rotatable bonds is 5. The summed E-state index contributed by atoms with van der Waals surface area (Å²) < 4.78 is 7.07. The number of nitrogens with zero attached hydrogens (tertiary/aromatic N) is 4. The number of ether oxygens (including phenoxy) is 1. The van der Waals surface area contributed by atoms with Gasteiger partial charge in [-0.2, -0.15) is 4.98 Å². The molecule has 0 spiro atoms. The number of nitrogens with one attached hydrogen (secondary N) is 1. The van der Waals surface area contributed by atoms with Crippen LogP contribution in [0.15, 0.2) is 24.8 Å². The normalized spacial score (nSPS) is 10.2. The van der Waals surface area contributed by atoms with Gasteiger partial charge in [-0.3, -0.25) is 0 Å². The van der Waals surface area contributed by atoms with Gasteiger partial charge in [0.05, 0.1) is 13.4 Å². The molecule has 2 aromatic heterocycles. The summed E-state index contributed by atoms with van der Waals surface area (Å²) in [6.45, 7) is 3.47. The number of aryl methyl sites for hydroxylation is 1. The quantitative estimate of drug-likeness (QED) is 0.837. The Bertz CT molecular complexity index is 469. The molecule has 2 aromatic rings. The van der Waals surface area contributed by atoms with Crippen LogP contribution in [0.25, 0.3) is 0 Å². The van der Waals surface area contributed by atoms with E-state index < -0.39 is 0 Å². The van der Waals surface area contributed by atoms with Gasteiger partial charge in [-0.1, -0.05) is 0 Å². The van der Waals surface area contributed by atoms with Crippen molar-refractivity contribution in [3.63, 3.8) is 0 Å². The van der Waals surface area contributed by atoms with Crippen LogP contribution in [0.2, 0.25) is 0 Å². The highest BCUT2D eigenvalue weighted by molar-refractivity contribution is 5.30. The minimum absolute atomic E-state index is 0.572. The summed E-state index contributed by atoms with van der Waals surface area (Å²) in [5.41, 5.74) is 0.877. The van der Waals surface area contributed by atoms with Crippen molar-refractivity contribution in [3.8, 4) is 5.88 Å². The lowest BCUT2D eigenvalue weighted by atomic mass is 10.4. The smallest absolute Gasteiger partial charge is 0.226 e. The van der Waals surface area contributed by atoms with Gasteiger partial charge in [-0.15, -0.1) is 0 Å². The van der Waals surface area contributed by atoms with Crippen LogP contribution in [-0.4, -0.2) is 33.2 Å². The molecule has 2 rings (SSSR count). The second-order valence-corrected chi connectivity index (χ2v) is 3.60. The molecule has 2 heterocycles. The molecule has 0 amide bonds. The van der Waals surface area contributed by atoms with E-state index in [4.69, 9.17) is 4.74 Å². The Hall–Kier alpha value is -2.11. The Morgan fingerprint density at radius 3 is 3.00 bits per heavy atom. The first-order valence-electron chi connectivity index (χ1n) is 5.37. The topological polar surface area (TPSA) is 64.9 Å². The maximum atomic E-state index is 5.08. The predicted molar refractivity (Wildman–Crippen MR) is 64.0 cm³/mol. The average Bonchev–Trinajstić information content (AvgIpc) is 2.81. The number of anilines is 1. The van der Waals surface area contributed by atoms with Crippen molar-refractivity contribution in [2.24, 2.45) is 0 Å². The molecule has 6 heteroatoms. The zero-order chi connectivity index (χ0) is 12.1. The third-order valence-electron chi connectivity index (χ3n) is 2.25. The van der Waals surface area contributed by atoms with Crippen LogP contribution in [0.3, 0.4) is 0 Å². The fourth-order valence-electron chi connectivity index (χ4n) is 1.44. The molecule has 0 radical (unpaired) electrons. The standard InChI is InChI=1S/C11H15N5O/c1-9-7-10(17-2)15-11(14-9)13-4-6-16-5-3-12-8-16/h3,5,7-8H,4,6H2,1-2H3,(H,13,14,15). The Labute approximate surface area is 99.7 Å². The number of aromatic nitrogens is 4. The van der Waals surface area contributed by atoms with Gasteiger partial charge in [0.2, 0.25) is 11.8 Å². The molecule has 0 atom stereocenters. The third kappa shape index (κ3) is 3.17. The molecular formula is C11H15N5O. The van der Waals surface area contributed by atoms with E-state index in [2.05, 4.69) is 20.3 Å². The summed E-state index contributed by atoms with van der Waals surface area (Å²) in [5.74, 6) is 1.16. The zero-order valence-corrected chi connectivity index (χ0v) is 9.92. The molecule has 6 nitrogen and oxygen atoms in total. The second kappa shape index (κ2) is 5.29. The van der Waals surface area contributed by atoms with Crippen molar-refractivity contribution in [2.75, 3.05) is 19.0 Å². The van der Waals surface area contributed by atoms with Gasteiger partial charge in [-0.05, 0) is 6.92 Å². The van der Waals surface area contributed by atoms with Gasteiger partial charge < -0.3 is 14.6 Å². The van der Waals surface area contributed by atoms with E-state index in [0.29, 0.717) is 11.8 Å². The Kier molecular flexibility index (Phi) is 3.54. The predicted octanol–water partition coefficient (Wildman–Crippen LogP) is 1.10. The minimum Gasteiger partial charge on any atom is -0.481 e. The molecule has 0 unspecified atom stereocenters. The van der Waals surface area contributed by atoms with Crippen molar-refractivity contribution in [2.45, 2.75) is 13.5 Å². The van der Waals surface area contributed by atoms with Gasteiger partial charge in [0, 0.05) is 37.2 Å². The zero-order valence-electron chi connectivity index (χ0n) is 9.92. The highest BCUT2D eigenvalue weighted by atomic mass is 16.5. The summed E-state index contributed by atoms with van der Waals surface area (Å²) in [5, 5.41) is 3.15. The van der Waals surface area contributed by atoms with Crippen molar-refractivity contribution < 1.29 is 4.74 Å². The molecule has 0 saturated carbocycles. The van der Waals surface area contributed by atoms with E-state index in [1.807, 2.05) is 17.7 Å². The Morgan fingerprint density at radius 2 is 2.29 bits per heavy atom. The molecule has 17 heavy (non-hydrogen) atoms. The fraction of sp³-hybridized carbons (Fsp3) is 0.364.